The molecule has 18 heavy (non-hydrogen) atoms. The fourth-order valence-electron chi connectivity index (χ4n) is 1.27. The van der Waals surface area contributed by atoms with Crippen LogP contribution in [0.2, 0.25) is 0 Å². The molecule has 108 valence electrons. The normalized spacial score (nSPS) is 12.1. The summed E-state index contributed by atoms with van der Waals surface area (Å²) in [5, 5.41) is 2.63. The molecule has 8 heteroatoms. The number of nitrogens with one attached hydrogen (secondary N) is 1. The number of amides is 1. The van der Waals surface area contributed by atoms with E-state index in [1.165, 1.54) is 18.4 Å². The molecule has 0 fully saturated rings. The number of hydrogen-bond acceptors (Lipinski definition) is 4. The molecule has 1 amide bonds. The van der Waals surface area contributed by atoms with Gasteiger partial charge in [-0.1, -0.05) is 6.92 Å². The van der Waals surface area contributed by atoms with E-state index < -0.39 is 10.2 Å². The fourth-order valence-corrected chi connectivity index (χ4v) is 2.39. The summed E-state index contributed by atoms with van der Waals surface area (Å²) < 4.78 is 26.2. The van der Waals surface area contributed by atoms with Gasteiger partial charge >= 0.3 is 0 Å². The van der Waals surface area contributed by atoms with Gasteiger partial charge in [0.15, 0.2) is 0 Å². The van der Waals surface area contributed by atoms with Crippen molar-refractivity contribution in [1.29, 1.82) is 0 Å². The molecule has 0 aliphatic rings. The van der Waals surface area contributed by atoms with Crippen LogP contribution in [0.4, 0.5) is 0 Å². The minimum atomic E-state index is -3.58. The zero-order valence-electron chi connectivity index (χ0n) is 11.3. The van der Waals surface area contributed by atoms with E-state index in [0.717, 1.165) is 10.7 Å². The molecule has 3 N–H and O–H groups in total. The molecular weight excluding hydrogens is 256 g/mol. The van der Waals surface area contributed by atoms with Crippen LogP contribution in [0.3, 0.4) is 0 Å². The Hall–Kier alpha value is -0.700. The first kappa shape index (κ1) is 17.3. The van der Waals surface area contributed by atoms with E-state index in [2.05, 4.69) is 5.32 Å². The minimum absolute atomic E-state index is 0.171. The highest BCUT2D eigenvalue weighted by atomic mass is 32.2. The highest BCUT2D eigenvalue weighted by molar-refractivity contribution is 7.86. The first-order valence-corrected chi connectivity index (χ1v) is 7.40. The molecule has 0 radical (unpaired) electrons. The smallest absolute Gasteiger partial charge is 0.281 e. The average Bonchev–Trinajstić information content (AvgIpc) is 2.32. The van der Waals surface area contributed by atoms with Crippen LogP contribution in [-0.2, 0) is 15.0 Å². The first-order chi connectivity index (χ1) is 8.36. The van der Waals surface area contributed by atoms with E-state index in [0.29, 0.717) is 26.1 Å². The lowest BCUT2D eigenvalue weighted by Gasteiger charge is -2.23. The van der Waals surface area contributed by atoms with E-state index in [-0.39, 0.29) is 12.5 Å². The third kappa shape index (κ3) is 5.76. The van der Waals surface area contributed by atoms with Gasteiger partial charge in [-0.2, -0.15) is 17.0 Å². The average molecular weight is 280 g/mol. The Balaban J connectivity index is 4.37. The maximum absolute atomic E-state index is 12.0. The molecular formula is C10H24N4O3S. The van der Waals surface area contributed by atoms with Gasteiger partial charge in [0.05, 0.1) is 6.54 Å². The van der Waals surface area contributed by atoms with Gasteiger partial charge in [0.25, 0.3) is 10.2 Å². The Bertz CT molecular complexity index is 345. The van der Waals surface area contributed by atoms with Gasteiger partial charge in [-0.05, 0) is 19.4 Å². The summed E-state index contributed by atoms with van der Waals surface area (Å²) >= 11 is 0. The number of rotatable bonds is 9. The molecule has 0 saturated carbocycles. The van der Waals surface area contributed by atoms with Gasteiger partial charge < -0.3 is 11.1 Å². The van der Waals surface area contributed by atoms with Gasteiger partial charge in [0.1, 0.15) is 0 Å². The molecule has 0 rings (SSSR count). The summed E-state index contributed by atoms with van der Waals surface area (Å²) in [6.07, 6.45) is 1.41. The molecule has 0 aromatic rings. The van der Waals surface area contributed by atoms with E-state index in [4.69, 9.17) is 5.73 Å². The summed E-state index contributed by atoms with van der Waals surface area (Å²) in [6.45, 7) is 3.09. The first-order valence-electron chi connectivity index (χ1n) is 6.00. The van der Waals surface area contributed by atoms with Crippen LogP contribution in [0.15, 0.2) is 0 Å². The van der Waals surface area contributed by atoms with Crippen molar-refractivity contribution in [3.05, 3.63) is 0 Å². The quantitative estimate of drug-likeness (QED) is 0.564. The molecule has 0 aromatic heterocycles. The van der Waals surface area contributed by atoms with Crippen molar-refractivity contribution in [2.75, 3.05) is 40.3 Å². The van der Waals surface area contributed by atoms with Crippen LogP contribution in [-0.4, -0.2) is 63.2 Å². The minimum Gasteiger partial charge on any atom is -0.355 e. The molecule has 0 atom stereocenters. The molecule has 0 spiro atoms. The fraction of sp³-hybridized carbons (Fsp3) is 0.900. The molecule has 7 nitrogen and oxygen atoms in total. The topological polar surface area (TPSA) is 95.7 Å². The van der Waals surface area contributed by atoms with Crippen molar-refractivity contribution in [2.45, 2.75) is 19.8 Å². The number of nitrogens with two attached hydrogens (primary N) is 1. The van der Waals surface area contributed by atoms with Gasteiger partial charge in [0.2, 0.25) is 5.91 Å². The lowest BCUT2D eigenvalue weighted by atomic mass is 10.4. The molecule has 0 aliphatic heterocycles. The van der Waals surface area contributed by atoms with Crippen LogP contribution >= 0.6 is 0 Å². The lowest BCUT2D eigenvalue weighted by molar-refractivity contribution is -0.121. The van der Waals surface area contributed by atoms with Crippen molar-refractivity contribution < 1.29 is 13.2 Å². The molecule has 0 saturated heterocycles. The zero-order valence-corrected chi connectivity index (χ0v) is 12.2. The van der Waals surface area contributed by atoms with Gasteiger partial charge in [-0.15, -0.1) is 0 Å². The predicted molar refractivity (Wildman–Crippen MR) is 71.2 cm³/mol. The standard InChI is InChI=1S/C10H24N4O3S/c1-4-7-12-10(15)9-14(3)18(16,17)13(2)8-5-6-11/h4-9,11H2,1-3H3,(H,12,15). The second-order valence-electron chi connectivity index (χ2n) is 4.08. The number of carbonyl (C=O) groups is 1. The van der Waals surface area contributed by atoms with Crippen LogP contribution in [0.5, 0.6) is 0 Å². The summed E-state index contributed by atoms with van der Waals surface area (Å²) in [5.41, 5.74) is 5.33. The van der Waals surface area contributed by atoms with Crippen LogP contribution in [0, 0.1) is 0 Å². The third-order valence-electron chi connectivity index (χ3n) is 2.40. The summed E-state index contributed by atoms with van der Waals surface area (Å²) in [4.78, 5) is 11.4. The molecule has 0 heterocycles. The molecule has 0 aliphatic carbocycles. The number of hydrogen-bond donors (Lipinski definition) is 2. The number of likely N-dealkylation sites (N-methyl/N-ethyl adjacent to an activating group) is 1. The largest absolute Gasteiger partial charge is 0.355 e. The highest BCUT2D eigenvalue weighted by Gasteiger charge is 2.24. The third-order valence-corrected chi connectivity index (χ3v) is 4.29. The van der Waals surface area contributed by atoms with Crippen LogP contribution in [0.1, 0.15) is 19.8 Å². The van der Waals surface area contributed by atoms with E-state index in [1.54, 1.807) is 0 Å². The van der Waals surface area contributed by atoms with Crippen molar-refractivity contribution in [3.8, 4) is 0 Å². The number of nitrogens with zero attached hydrogens (tertiary/aromatic N) is 2. The second-order valence-corrected chi connectivity index (χ2v) is 6.22. The van der Waals surface area contributed by atoms with Gasteiger partial charge in [-0.3, -0.25) is 4.79 Å². The lowest BCUT2D eigenvalue weighted by Crippen LogP contribution is -2.45. The van der Waals surface area contributed by atoms with Crippen molar-refractivity contribution in [2.24, 2.45) is 5.73 Å². The van der Waals surface area contributed by atoms with E-state index >= 15 is 0 Å². The Morgan fingerprint density at radius 3 is 2.39 bits per heavy atom. The monoisotopic (exact) mass is 280 g/mol. The Labute approximate surface area is 109 Å². The van der Waals surface area contributed by atoms with E-state index in [1.807, 2.05) is 6.92 Å². The van der Waals surface area contributed by atoms with Gasteiger partial charge in [-0.25, -0.2) is 0 Å². The molecule has 0 bridgehead atoms. The molecule has 0 unspecified atom stereocenters. The summed E-state index contributed by atoms with van der Waals surface area (Å²) in [6, 6.07) is 0. The van der Waals surface area contributed by atoms with Crippen LogP contribution in [0.25, 0.3) is 0 Å². The van der Waals surface area contributed by atoms with Crippen molar-refractivity contribution in [3.63, 3.8) is 0 Å². The Morgan fingerprint density at radius 1 is 1.28 bits per heavy atom. The zero-order chi connectivity index (χ0) is 14.2. The van der Waals surface area contributed by atoms with Crippen molar-refractivity contribution in [1.82, 2.24) is 13.9 Å². The number of carbonyl (C=O) groups excluding carboxylic acids is 1. The van der Waals surface area contributed by atoms with Crippen molar-refractivity contribution >= 4 is 16.1 Å². The second kappa shape index (κ2) is 8.41. The molecule has 0 aromatic carbocycles. The van der Waals surface area contributed by atoms with Crippen LogP contribution < -0.4 is 11.1 Å². The maximum atomic E-state index is 12.0. The Kier molecular flexibility index (Phi) is 8.08. The summed E-state index contributed by atoms with van der Waals surface area (Å²) in [5.74, 6) is -0.296. The predicted octanol–water partition coefficient (Wildman–Crippen LogP) is -1.03. The maximum Gasteiger partial charge on any atom is 0.281 e. The summed E-state index contributed by atoms with van der Waals surface area (Å²) in [7, 11) is -0.715. The van der Waals surface area contributed by atoms with Gasteiger partial charge in [0, 0.05) is 27.2 Å². The Morgan fingerprint density at radius 2 is 1.89 bits per heavy atom. The van der Waals surface area contributed by atoms with E-state index in [9.17, 15) is 13.2 Å². The SMILES string of the molecule is CCCNC(=O)CN(C)S(=O)(=O)N(C)CCCN. The highest BCUT2D eigenvalue weighted by Crippen LogP contribution is 2.03.